The summed E-state index contributed by atoms with van der Waals surface area (Å²) in [7, 11) is 0. The van der Waals surface area contributed by atoms with Gasteiger partial charge in [-0.3, -0.25) is 0 Å². The first-order valence-corrected chi connectivity index (χ1v) is 7.00. The van der Waals surface area contributed by atoms with Crippen LogP contribution in [0.3, 0.4) is 0 Å². The minimum atomic E-state index is 0.234. The lowest BCUT2D eigenvalue weighted by Gasteiger charge is -2.08. The Morgan fingerprint density at radius 1 is 1.11 bits per heavy atom. The first-order valence-electron chi connectivity index (χ1n) is 5.36. The molecule has 0 saturated carbocycles. The molecule has 0 aliphatic carbocycles. The number of hydrogen-bond acceptors (Lipinski definition) is 5. The van der Waals surface area contributed by atoms with Crippen LogP contribution in [0, 0.1) is 0 Å². The number of nitrogens with zero attached hydrogens (tertiary/aromatic N) is 2. The van der Waals surface area contributed by atoms with Gasteiger partial charge in [-0.2, -0.15) is 4.98 Å². The Kier molecular flexibility index (Phi) is 3.18. The van der Waals surface area contributed by atoms with Gasteiger partial charge in [-0.15, -0.1) is 11.3 Å². The molecule has 7 heteroatoms. The summed E-state index contributed by atoms with van der Waals surface area (Å²) in [6, 6.07) is 7.23. The van der Waals surface area contributed by atoms with Crippen LogP contribution in [0.1, 0.15) is 0 Å². The van der Waals surface area contributed by atoms with E-state index in [2.05, 4.69) is 15.3 Å². The number of aromatic nitrogens is 2. The van der Waals surface area contributed by atoms with E-state index in [1.54, 1.807) is 12.1 Å². The predicted octanol–water partition coefficient (Wildman–Crippen LogP) is 4.32. The van der Waals surface area contributed by atoms with Crippen molar-refractivity contribution in [2.24, 2.45) is 0 Å². The van der Waals surface area contributed by atoms with Crippen molar-refractivity contribution < 1.29 is 0 Å². The van der Waals surface area contributed by atoms with Gasteiger partial charge in [0.05, 0.1) is 15.4 Å². The number of nitrogens with one attached hydrogen (secondary N) is 1. The molecule has 3 rings (SSSR count). The summed E-state index contributed by atoms with van der Waals surface area (Å²) in [5, 5.41) is 7.03. The maximum Gasteiger partial charge on any atom is 0.223 e. The monoisotopic (exact) mass is 310 g/mol. The molecule has 2 heterocycles. The summed E-state index contributed by atoms with van der Waals surface area (Å²) in [6.45, 7) is 0. The normalized spacial score (nSPS) is 10.8. The molecule has 0 fully saturated rings. The number of benzene rings is 1. The summed E-state index contributed by atoms with van der Waals surface area (Å²) in [5.41, 5.74) is 6.48. The summed E-state index contributed by atoms with van der Waals surface area (Å²) >= 11 is 13.4. The van der Waals surface area contributed by atoms with Gasteiger partial charge in [0.25, 0.3) is 0 Å². The van der Waals surface area contributed by atoms with Crippen molar-refractivity contribution in [3.05, 3.63) is 39.7 Å². The highest BCUT2D eigenvalue weighted by atomic mass is 35.5. The third-order valence-corrected chi connectivity index (χ3v) is 4.07. The summed E-state index contributed by atoms with van der Waals surface area (Å²) in [6.07, 6.45) is 0. The van der Waals surface area contributed by atoms with Crippen LogP contribution in [-0.4, -0.2) is 9.97 Å². The maximum absolute atomic E-state index is 5.98. The lowest BCUT2D eigenvalue weighted by molar-refractivity contribution is 1.24. The summed E-state index contributed by atoms with van der Waals surface area (Å²) in [4.78, 5) is 9.22. The number of thiophene rings is 1. The molecule has 2 aromatic heterocycles. The van der Waals surface area contributed by atoms with Gasteiger partial charge in [0.15, 0.2) is 0 Å². The summed E-state index contributed by atoms with van der Waals surface area (Å²) in [5.74, 6) is 0.889. The predicted molar refractivity (Wildman–Crippen MR) is 81.6 cm³/mol. The Bertz CT molecular complexity index is 757. The molecule has 3 aromatic rings. The molecule has 0 unspecified atom stereocenters. The minimum absolute atomic E-state index is 0.234. The molecular weight excluding hydrogens is 303 g/mol. The molecule has 0 radical (unpaired) electrons. The number of anilines is 3. The van der Waals surface area contributed by atoms with Gasteiger partial charge in [-0.25, -0.2) is 4.98 Å². The fraction of sp³-hybridized carbons (Fsp3) is 0. The van der Waals surface area contributed by atoms with E-state index in [9.17, 15) is 0 Å². The topological polar surface area (TPSA) is 63.8 Å². The number of fused-ring (bicyclic) bond motifs is 1. The Morgan fingerprint density at radius 2 is 1.95 bits per heavy atom. The van der Waals surface area contributed by atoms with Crippen molar-refractivity contribution in [1.82, 2.24) is 9.97 Å². The van der Waals surface area contributed by atoms with Gasteiger partial charge < -0.3 is 11.1 Å². The number of nitrogen functional groups attached to an aromatic ring is 1. The first kappa shape index (κ1) is 12.5. The zero-order valence-electron chi connectivity index (χ0n) is 9.52. The van der Waals surface area contributed by atoms with Crippen LogP contribution < -0.4 is 11.1 Å². The Hall–Kier alpha value is -1.56. The number of nitrogens with two attached hydrogens (primary N) is 1. The zero-order valence-corrected chi connectivity index (χ0v) is 11.9. The maximum atomic E-state index is 5.98. The lowest BCUT2D eigenvalue weighted by Crippen LogP contribution is -2.00. The van der Waals surface area contributed by atoms with Gasteiger partial charge in [-0.05, 0) is 29.6 Å². The lowest BCUT2D eigenvalue weighted by atomic mass is 10.3. The van der Waals surface area contributed by atoms with Crippen LogP contribution >= 0.6 is 34.5 Å². The third-order valence-electron chi connectivity index (χ3n) is 2.52. The smallest absolute Gasteiger partial charge is 0.223 e. The van der Waals surface area contributed by atoms with E-state index in [1.165, 1.54) is 11.3 Å². The molecule has 19 heavy (non-hydrogen) atoms. The van der Waals surface area contributed by atoms with Crippen LogP contribution in [0.2, 0.25) is 10.0 Å². The molecule has 0 saturated heterocycles. The number of rotatable bonds is 2. The van der Waals surface area contributed by atoms with Crippen LogP contribution in [0.25, 0.3) is 10.2 Å². The van der Waals surface area contributed by atoms with E-state index >= 15 is 0 Å². The van der Waals surface area contributed by atoms with E-state index in [-0.39, 0.29) is 5.95 Å². The molecule has 3 N–H and O–H groups in total. The Balaban J connectivity index is 2.04. The highest BCUT2D eigenvalue weighted by Crippen LogP contribution is 2.30. The number of hydrogen-bond donors (Lipinski definition) is 2. The van der Waals surface area contributed by atoms with E-state index in [4.69, 9.17) is 28.9 Å². The van der Waals surface area contributed by atoms with Crippen molar-refractivity contribution in [2.75, 3.05) is 11.1 Å². The van der Waals surface area contributed by atoms with Crippen LogP contribution in [0.4, 0.5) is 17.5 Å². The molecule has 0 aliphatic rings. The van der Waals surface area contributed by atoms with E-state index in [1.807, 2.05) is 17.5 Å². The summed E-state index contributed by atoms with van der Waals surface area (Å²) < 4.78 is 0. The second-order valence-corrected chi connectivity index (χ2v) is 5.53. The molecular formula is C12H8Cl2N4S. The first-order chi connectivity index (χ1) is 9.13. The van der Waals surface area contributed by atoms with Gasteiger partial charge in [0.1, 0.15) is 10.6 Å². The fourth-order valence-corrected chi connectivity index (χ4v) is 2.75. The molecule has 0 amide bonds. The molecule has 0 bridgehead atoms. The van der Waals surface area contributed by atoms with E-state index in [0.29, 0.717) is 15.9 Å². The van der Waals surface area contributed by atoms with Gasteiger partial charge >= 0.3 is 0 Å². The highest BCUT2D eigenvalue weighted by Gasteiger charge is 2.08. The highest BCUT2D eigenvalue weighted by molar-refractivity contribution is 7.16. The average Bonchev–Trinajstić information content (AvgIpc) is 2.82. The van der Waals surface area contributed by atoms with Crippen molar-refractivity contribution in [2.45, 2.75) is 0 Å². The van der Waals surface area contributed by atoms with Crippen molar-refractivity contribution in [1.29, 1.82) is 0 Å². The third kappa shape index (κ3) is 2.45. The molecule has 0 spiro atoms. The second kappa shape index (κ2) is 4.85. The zero-order chi connectivity index (χ0) is 13.4. The van der Waals surface area contributed by atoms with Crippen molar-refractivity contribution in [3.8, 4) is 0 Å². The van der Waals surface area contributed by atoms with Gasteiger partial charge in [-0.1, -0.05) is 23.2 Å². The second-order valence-electron chi connectivity index (χ2n) is 3.82. The number of halogens is 2. The molecule has 4 nitrogen and oxygen atoms in total. The fourth-order valence-electron chi connectivity index (χ4n) is 1.68. The largest absolute Gasteiger partial charge is 0.368 e. The van der Waals surface area contributed by atoms with Gasteiger partial charge in [0, 0.05) is 5.69 Å². The van der Waals surface area contributed by atoms with Crippen molar-refractivity contribution in [3.63, 3.8) is 0 Å². The standard InChI is InChI=1S/C12H8Cl2N4S/c13-8-2-1-6(5-9(8)14)16-10-7-3-4-19-11(7)18-12(15)17-10/h1-5H,(H3,15,16,17,18). The molecule has 0 atom stereocenters. The Morgan fingerprint density at radius 3 is 2.74 bits per heavy atom. The van der Waals surface area contributed by atoms with Gasteiger partial charge in [0.2, 0.25) is 5.95 Å². The molecule has 0 aliphatic heterocycles. The van der Waals surface area contributed by atoms with Crippen LogP contribution in [0.5, 0.6) is 0 Å². The quantitative estimate of drug-likeness (QED) is 0.739. The Labute approximate surface area is 123 Å². The molecule has 96 valence electrons. The minimum Gasteiger partial charge on any atom is -0.368 e. The van der Waals surface area contributed by atoms with E-state index in [0.717, 1.165) is 15.9 Å². The molecule has 1 aromatic carbocycles. The van der Waals surface area contributed by atoms with Crippen LogP contribution in [-0.2, 0) is 0 Å². The SMILES string of the molecule is Nc1nc(Nc2ccc(Cl)c(Cl)c2)c2ccsc2n1. The average molecular weight is 311 g/mol. The van der Waals surface area contributed by atoms with Crippen LogP contribution in [0.15, 0.2) is 29.6 Å². The van der Waals surface area contributed by atoms with E-state index < -0.39 is 0 Å². The van der Waals surface area contributed by atoms with Crippen molar-refractivity contribution >= 4 is 62.2 Å².